The Bertz CT molecular complexity index is 334. The van der Waals surface area contributed by atoms with E-state index in [0.717, 1.165) is 13.0 Å². The zero-order valence-corrected chi connectivity index (χ0v) is 11.1. The van der Waals surface area contributed by atoms with Crippen LogP contribution in [0.25, 0.3) is 0 Å². The second kappa shape index (κ2) is 8.66. The quantitative estimate of drug-likeness (QED) is 0.641. The Morgan fingerprint density at radius 2 is 2.17 bits per heavy atom. The fourth-order valence-electron chi connectivity index (χ4n) is 1.31. The fourth-order valence-corrected chi connectivity index (χ4v) is 1.31. The summed E-state index contributed by atoms with van der Waals surface area (Å²) in [5, 5.41) is 3.17. The lowest BCUT2D eigenvalue weighted by Crippen LogP contribution is -2.12. The second-order valence-corrected chi connectivity index (χ2v) is 4.09. The van der Waals surface area contributed by atoms with Crippen LogP contribution < -0.4 is 15.8 Å². The SMILES string of the molecule is CC(C)Oc1cncc(NCCCOCCN)n1. The molecule has 6 nitrogen and oxygen atoms in total. The summed E-state index contributed by atoms with van der Waals surface area (Å²) in [6.45, 7) is 6.56. The maximum atomic E-state index is 5.46. The van der Waals surface area contributed by atoms with Crippen molar-refractivity contribution in [1.82, 2.24) is 9.97 Å². The summed E-state index contributed by atoms with van der Waals surface area (Å²) in [5.74, 6) is 1.25. The molecule has 0 spiro atoms. The lowest BCUT2D eigenvalue weighted by atomic mass is 10.4. The van der Waals surface area contributed by atoms with Gasteiger partial charge in [-0.1, -0.05) is 0 Å². The van der Waals surface area contributed by atoms with Gasteiger partial charge in [0, 0.05) is 19.7 Å². The topological polar surface area (TPSA) is 82.3 Å². The molecule has 102 valence electrons. The Morgan fingerprint density at radius 1 is 1.33 bits per heavy atom. The third kappa shape index (κ3) is 6.36. The number of aromatic nitrogens is 2. The van der Waals surface area contributed by atoms with Gasteiger partial charge >= 0.3 is 0 Å². The lowest BCUT2D eigenvalue weighted by Gasteiger charge is -2.10. The van der Waals surface area contributed by atoms with Gasteiger partial charge in [-0.25, -0.2) is 0 Å². The largest absolute Gasteiger partial charge is 0.474 e. The van der Waals surface area contributed by atoms with E-state index in [2.05, 4.69) is 15.3 Å². The molecule has 0 aliphatic carbocycles. The number of nitrogens with two attached hydrogens (primary N) is 1. The van der Waals surface area contributed by atoms with Gasteiger partial charge in [0.15, 0.2) is 0 Å². The van der Waals surface area contributed by atoms with Crippen molar-refractivity contribution >= 4 is 5.82 Å². The molecule has 1 aromatic heterocycles. The maximum Gasteiger partial charge on any atom is 0.234 e. The molecule has 3 N–H and O–H groups in total. The van der Waals surface area contributed by atoms with Crippen molar-refractivity contribution in [2.24, 2.45) is 5.73 Å². The van der Waals surface area contributed by atoms with E-state index in [1.807, 2.05) is 13.8 Å². The number of anilines is 1. The van der Waals surface area contributed by atoms with E-state index < -0.39 is 0 Å². The second-order valence-electron chi connectivity index (χ2n) is 4.09. The molecule has 0 unspecified atom stereocenters. The molecule has 0 aliphatic heterocycles. The summed E-state index contributed by atoms with van der Waals surface area (Å²) >= 11 is 0. The molecule has 18 heavy (non-hydrogen) atoms. The number of nitrogens with zero attached hydrogens (tertiary/aromatic N) is 2. The molecule has 0 radical (unpaired) electrons. The van der Waals surface area contributed by atoms with Gasteiger partial charge in [-0.15, -0.1) is 0 Å². The van der Waals surface area contributed by atoms with Crippen molar-refractivity contribution in [3.05, 3.63) is 12.4 Å². The predicted octanol–water partition coefficient (Wildman–Crippen LogP) is 1.04. The van der Waals surface area contributed by atoms with Gasteiger partial charge in [-0.2, -0.15) is 4.98 Å². The van der Waals surface area contributed by atoms with Crippen molar-refractivity contribution < 1.29 is 9.47 Å². The summed E-state index contributed by atoms with van der Waals surface area (Å²) in [7, 11) is 0. The Kier molecular flexibility index (Phi) is 7.05. The van der Waals surface area contributed by atoms with Crippen LogP contribution >= 0.6 is 0 Å². The first-order chi connectivity index (χ1) is 8.72. The van der Waals surface area contributed by atoms with Crippen LogP contribution in [-0.4, -0.2) is 42.4 Å². The molecule has 0 atom stereocenters. The highest BCUT2D eigenvalue weighted by atomic mass is 16.5. The first-order valence-corrected chi connectivity index (χ1v) is 6.22. The third-order valence-electron chi connectivity index (χ3n) is 2.00. The molecular formula is C12H22N4O2. The van der Waals surface area contributed by atoms with Crippen molar-refractivity contribution in [2.75, 3.05) is 31.6 Å². The van der Waals surface area contributed by atoms with Gasteiger partial charge in [0.25, 0.3) is 0 Å². The Balaban J connectivity index is 2.25. The minimum absolute atomic E-state index is 0.0965. The Morgan fingerprint density at radius 3 is 2.89 bits per heavy atom. The number of rotatable bonds is 9. The van der Waals surface area contributed by atoms with Gasteiger partial charge in [0.1, 0.15) is 5.82 Å². The van der Waals surface area contributed by atoms with Crippen molar-refractivity contribution in [2.45, 2.75) is 26.4 Å². The van der Waals surface area contributed by atoms with Crippen molar-refractivity contribution in [1.29, 1.82) is 0 Å². The zero-order valence-electron chi connectivity index (χ0n) is 11.1. The van der Waals surface area contributed by atoms with Gasteiger partial charge in [-0.05, 0) is 20.3 Å². The average molecular weight is 254 g/mol. The molecule has 0 aromatic carbocycles. The van der Waals surface area contributed by atoms with Crippen LogP contribution in [0.2, 0.25) is 0 Å². The van der Waals surface area contributed by atoms with Crippen molar-refractivity contribution in [3.63, 3.8) is 0 Å². The lowest BCUT2D eigenvalue weighted by molar-refractivity contribution is 0.141. The summed E-state index contributed by atoms with van der Waals surface area (Å²) < 4.78 is 10.7. The molecule has 0 amide bonds. The van der Waals surface area contributed by atoms with Gasteiger partial charge in [-0.3, -0.25) is 4.98 Å². The summed E-state index contributed by atoms with van der Waals surface area (Å²) in [6, 6.07) is 0. The number of hydrogen-bond acceptors (Lipinski definition) is 6. The first kappa shape index (κ1) is 14.7. The normalized spacial score (nSPS) is 10.7. The van der Waals surface area contributed by atoms with Crippen LogP contribution in [0.3, 0.4) is 0 Å². The van der Waals surface area contributed by atoms with Gasteiger partial charge in [0.05, 0.1) is 25.1 Å². The van der Waals surface area contributed by atoms with Crippen LogP contribution in [0.1, 0.15) is 20.3 Å². The van der Waals surface area contributed by atoms with Crippen LogP contribution in [0.15, 0.2) is 12.4 Å². The van der Waals surface area contributed by atoms with Crippen LogP contribution in [0, 0.1) is 0 Å². The van der Waals surface area contributed by atoms with E-state index in [1.54, 1.807) is 12.4 Å². The molecule has 6 heteroatoms. The Labute approximate surface area is 108 Å². The number of nitrogens with one attached hydrogen (secondary N) is 1. The average Bonchev–Trinajstić information content (AvgIpc) is 2.33. The summed E-state index contributed by atoms with van der Waals surface area (Å²) in [6.07, 6.45) is 4.28. The molecule has 1 heterocycles. The molecule has 1 aromatic rings. The molecule has 1 rings (SSSR count). The molecular weight excluding hydrogens is 232 g/mol. The van der Waals surface area contributed by atoms with Crippen LogP contribution in [0.4, 0.5) is 5.82 Å². The van der Waals surface area contributed by atoms with E-state index in [4.69, 9.17) is 15.2 Å². The standard InChI is InChI=1S/C12H22N4O2/c1-10(2)18-12-9-14-8-11(16-12)15-5-3-6-17-7-4-13/h8-10H,3-7,13H2,1-2H3,(H,15,16). The molecule has 0 saturated carbocycles. The fraction of sp³-hybridized carbons (Fsp3) is 0.667. The molecule has 0 fully saturated rings. The van der Waals surface area contributed by atoms with E-state index >= 15 is 0 Å². The number of ether oxygens (including phenoxy) is 2. The van der Waals surface area contributed by atoms with Crippen molar-refractivity contribution in [3.8, 4) is 5.88 Å². The van der Waals surface area contributed by atoms with Crippen LogP contribution in [-0.2, 0) is 4.74 Å². The number of hydrogen-bond donors (Lipinski definition) is 2. The minimum atomic E-state index is 0.0965. The van der Waals surface area contributed by atoms with Gasteiger partial charge in [0.2, 0.25) is 5.88 Å². The van der Waals surface area contributed by atoms with Gasteiger partial charge < -0.3 is 20.5 Å². The van der Waals surface area contributed by atoms with Crippen LogP contribution in [0.5, 0.6) is 5.88 Å². The molecule has 0 aliphatic rings. The highest BCUT2D eigenvalue weighted by Crippen LogP contribution is 2.10. The Hall–Kier alpha value is -1.40. The first-order valence-electron chi connectivity index (χ1n) is 6.22. The smallest absolute Gasteiger partial charge is 0.234 e. The summed E-state index contributed by atoms with van der Waals surface area (Å²) in [5.41, 5.74) is 5.32. The molecule has 0 saturated heterocycles. The maximum absolute atomic E-state index is 5.46. The summed E-state index contributed by atoms with van der Waals surface area (Å²) in [4.78, 5) is 8.36. The van der Waals surface area contributed by atoms with E-state index in [1.165, 1.54) is 0 Å². The zero-order chi connectivity index (χ0) is 13.2. The predicted molar refractivity (Wildman–Crippen MR) is 70.8 cm³/mol. The highest BCUT2D eigenvalue weighted by Gasteiger charge is 2.01. The minimum Gasteiger partial charge on any atom is -0.474 e. The van der Waals surface area contributed by atoms with E-state index in [9.17, 15) is 0 Å². The molecule has 0 bridgehead atoms. The van der Waals surface area contributed by atoms with E-state index in [-0.39, 0.29) is 6.10 Å². The monoisotopic (exact) mass is 254 g/mol. The van der Waals surface area contributed by atoms with E-state index in [0.29, 0.717) is 31.5 Å². The third-order valence-corrected chi connectivity index (χ3v) is 2.00. The highest BCUT2D eigenvalue weighted by molar-refractivity contribution is 5.32.